The number of amides is 1. The molecule has 7 heteroatoms. The highest BCUT2D eigenvalue weighted by atomic mass is 16.5. The molecule has 0 bridgehead atoms. The Balaban J connectivity index is 2.34. The third-order valence-corrected chi connectivity index (χ3v) is 5.47. The summed E-state index contributed by atoms with van der Waals surface area (Å²) in [6.45, 7) is 9.04. The van der Waals surface area contributed by atoms with Crippen molar-refractivity contribution >= 4 is 22.8 Å². The van der Waals surface area contributed by atoms with Gasteiger partial charge in [-0.15, -0.1) is 0 Å². The maximum Gasteiger partial charge on any atom is 0.306 e. The van der Waals surface area contributed by atoms with E-state index >= 15 is 0 Å². The standard InChI is InChI=1S/C24H35N3O4/c1-5-8-9-12-17-27(21(28)15-16-22(29)31-7-3)18(4)23-25-20-14-11-10-13-19(20)24(30)26(23)6-2/h10-11,13-14,18H,5-9,12,15-17H2,1-4H3. The second-order valence-corrected chi connectivity index (χ2v) is 7.67. The molecule has 0 aliphatic heterocycles. The van der Waals surface area contributed by atoms with Crippen LogP contribution in [-0.4, -0.2) is 39.5 Å². The van der Waals surface area contributed by atoms with Crippen LogP contribution in [0, 0.1) is 0 Å². The molecule has 2 rings (SSSR count). The van der Waals surface area contributed by atoms with Crippen LogP contribution in [0.25, 0.3) is 10.9 Å². The van der Waals surface area contributed by atoms with Gasteiger partial charge in [-0.05, 0) is 39.3 Å². The average Bonchev–Trinajstić information content (AvgIpc) is 2.77. The fraction of sp³-hybridized carbons (Fsp3) is 0.583. The van der Waals surface area contributed by atoms with Gasteiger partial charge in [0, 0.05) is 19.5 Å². The first-order valence-corrected chi connectivity index (χ1v) is 11.4. The number of aromatic nitrogens is 2. The zero-order valence-corrected chi connectivity index (χ0v) is 19.2. The van der Waals surface area contributed by atoms with Crippen LogP contribution in [0.5, 0.6) is 0 Å². The molecular weight excluding hydrogens is 394 g/mol. The van der Waals surface area contributed by atoms with Gasteiger partial charge in [0.15, 0.2) is 0 Å². The first kappa shape index (κ1) is 24.6. The van der Waals surface area contributed by atoms with Crippen LogP contribution < -0.4 is 5.56 Å². The van der Waals surface area contributed by atoms with Crippen LogP contribution in [0.3, 0.4) is 0 Å². The lowest BCUT2D eigenvalue weighted by molar-refractivity contribution is -0.146. The molecule has 0 saturated carbocycles. The molecular formula is C24H35N3O4. The van der Waals surface area contributed by atoms with Crippen LogP contribution in [0.15, 0.2) is 29.1 Å². The van der Waals surface area contributed by atoms with Crippen LogP contribution in [0.4, 0.5) is 0 Å². The van der Waals surface area contributed by atoms with Gasteiger partial charge >= 0.3 is 5.97 Å². The van der Waals surface area contributed by atoms with Gasteiger partial charge in [-0.25, -0.2) is 4.98 Å². The van der Waals surface area contributed by atoms with Crippen molar-refractivity contribution in [2.75, 3.05) is 13.2 Å². The van der Waals surface area contributed by atoms with E-state index in [0.717, 1.165) is 25.7 Å². The Morgan fingerprint density at radius 2 is 1.84 bits per heavy atom. The van der Waals surface area contributed by atoms with Gasteiger partial charge < -0.3 is 9.64 Å². The molecule has 1 atom stereocenters. The lowest BCUT2D eigenvalue weighted by Crippen LogP contribution is -2.38. The molecule has 170 valence electrons. The molecule has 1 heterocycles. The fourth-order valence-corrected chi connectivity index (χ4v) is 3.78. The highest BCUT2D eigenvalue weighted by molar-refractivity contribution is 5.82. The summed E-state index contributed by atoms with van der Waals surface area (Å²) in [6, 6.07) is 6.90. The highest BCUT2D eigenvalue weighted by Crippen LogP contribution is 2.22. The molecule has 1 aromatic carbocycles. The zero-order valence-electron chi connectivity index (χ0n) is 19.2. The predicted molar refractivity (Wildman–Crippen MR) is 122 cm³/mol. The van der Waals surface area contributed by atoms with E-state index in [2.05, 4.69) is 6.92 Å². The number of hydrogen-bond donors (Lipinski definition) is 0. The summed E-state index contributed by atoms with van der Waals surface area (Å²) >= 11 is 0. The lowest BCUT2D eigenvalue weighted by atomic mass is 10.1. The van der Waals surface area contributed by atoms with Gasteiger partial charge in [-0.1, -0.05) is 38.3 Å². The number of hydrogen-bond acceptors (Lipinski definition) is 5. The van der Waals surface area contributed by atoms with Crippen LogP contribution in [0.2, 0.25) is 0 Å². The van der Waals surface area contributed by atoms with E-state index in [1.165, 1.54) is 0 Å². The quantitative estimate of drug-likeness (QED) is 0.372. The molecule has 0 radical (unpaired) electrons. The molecule has 0 aliphatic carbocycles. The summed E-state index contributed by atoms with van der Waals surface area (Å²) in [4.78, 5) is 44.4. The summed E-state index contributed by atoms with van der Waals surface area (Å²) in [7, 11) is 0. The number of para-hydroxylation sites is 1. The largest absolute Gasteiger partial charge is 0.466 e. The first-order chi connectivity index (χ1) is 14.9. The van der Waals surface area contributed by atoms with Gasteiger partial charge in [0.25, 0.3) is 5.56 Å². The minimum Gasteiger partial charge on any atom is -0.466 e. The Labute approximate surface area is 184 Å². The maximum atomic E-state index is 13.1. The number of esters is 1. The fourth-order valence-electron chi connectivity index (χ4n) is 3.78. The summed E-state index contributed by atoms with van der Waals surface area (Å²) in [6.07, 6.45) is 4.24. The lowest BCUT2D eigenvalue weighted by Gasteiger charge is -2.30. The van der Waals surface area contributed by atoms with E-state index < -0.39 is 0 Å². The monoisotopic (exact) mass is 429 g/mol. The van der Waals surface area contributed by atoms with Crippen LogP contribution in [-0.2, 0) is 20.9 Å². The number of rotatable bonds is 12. The van der Waals surface area contributed by atoms with E-state index in [-0.39, 0.29) is 36.3 Å². The van der Waals surface area contributed by atoms with Crippen molar-refractivity contribution in [1.82, 2.24) is 14.5 Å². The maximum absolute atomic E-state index is 13.1. The van der Waals surface area contributed by atoms with Gasteiger partial charge in [0.1, 0.15) is 5.82 Å². The molecule has 0 saturated heterocycles. The van der Waals surface area contributed by atoms with E-state index in [1.54, 1.807) is 22.5 Å². The molecule has 2 aromatic rings. The number of nitrogens with zero attached hydrogens (tertiary/aromatic N) is 3. The number of unbranched alkanes of at least 4 members (excludes halogenated alkanes) is 3. The number of benzene rings is 1. The molecule has 0 N–H and O–H groups in total. The van der Waals surface area contributed by atoms with Gasteiger partial charge in [-0.3, -0.25) is 19.0 Å². The SMILES string of the molecule is CCCCCCN(C(=O)CCC(=O)OCC)C(C)c1nc2ccccc2c(=O)n1CC. The van der Waals surface area contributed by atoms with E-state index in [0.29, 0.717) is 36.4 Å². The van der Waals surface area contributed by atoms with Crippen molar-refractivity contribution in [2.24, 2.45) is 0 Å². The number of fused-ring (bicyclic) bond motifs is 1. The average molecular weight is 430 g/mol. The van der Waals surface area contributed by atoms with Gasteiger partial charge in [0.05, 0.1) is 30.0 Å². The van der Waals surface area contributed by atoms with Crippen molar-refractivity contribution in [3.63, 3.8) is 0 Å². The molecule has 0 spiro atoms. The minimum atomic E-state index is -0.381. The third kappa shape index (κ3) is 6.39. The van der Waals surface area contributed by atoms with Crippen molar-refractivity contribution < 1.29 is 14.3 Å². The first-order valence-electron chi connectivity index (χ1n) is 11.4. The molecule has 0 fully saturated rings. The third-order valence-electron chi connectivity index (χ3n) is 5.47. The van der Waals surface area contributed by atoms with Crippen LogP contribution in [0.1, 0.15) is 78.1 Å². The summed E-state index contributed by atoms with van der Waals surface area (Å²) in [5.74, 6) is 0.0806. The minimum absolute atomic E-state index is 0.0522. The second-order valence-electron chi connectivity index (χ2n) is 7.67. The Kier molecular flexibility index (Phi) is 9.69. The van der Waals surface area contributed by atoms with Crippen molar-refractivity contribution in [3.8, 4) is 0 Å². The molecule has 1 unspecified atom stereocenters. The highest BCUT2D eigenvalue weighted by Gasteiger charge is 2.26. The molecule has 0 aliphatic rings. The molecule has 31 heavy (non-hydrogen) atoms. The number of carbonyl (C=O) groups excluding carboxylic acids is 2. The van der Waals surface area contributed by atoms with E-state index in [4.69, 9.17) is 9.72 Å². The smallest absolute Gasteiger partial charge is 0.306 e. The van der Waals surface area contributed by atoms with E-state index in [9.17, 15) is 14.4 Å². The van der Waals surface area contributed by atoms with Gasteiger partial charge in [-0.2, -0.15) is 0 Å². The normalized spacial score (nSPS) is 12.0. The summed E-state index contributed by atoms with van der Waals surface area (Å²) < 4.78 is 6.61. The second kappa shape index (κ2) is 12.2. The van der Waals surface area contributed by atoms with Gasteiger partial charge in [0.2, 0.25) is 5.91 Å². The van der Waals surface area contributed by atoms with Crippen molar-refractivity contribution in [3.05, 3.63) is 40.4 Å². The van der Waals surface area contributed by atoms with E-state index in [1.807, 2.05) is 32.0 Å². The molecule has 1 aromatic heterocycles. The Bertz CT molecular complexity index is 938. The number of carbonyl (C=O) groups is 2. The molecule has 7 nitrogen and oxygen atoms in total. The topological polar surface area (TPSA) is 81.5 Å². The van der Waals surface area contributed by atoms with Crippen LogP contribution >= 0.6 is 0 Å². The Morgan fingerprint density at radius 3 is 2.52 bits per heavy atom. The number of ether oxygens (including phenoxy) is 1. The molecule has 1 amide bonds. The zero-order chi connectivity index (χ0) is 22.8. The Morgan fingerprint density at radius 1 is 1.10 bits per heavy atom. The van der Waals surface area contributed by atoms with Crippen molar-refractivity contribution in [2.45, 2.75) is 78.8 Å². The van der Waals surface area contributed by atoms with Crippen molar-refractivity contribution in [1.29, 1.82) is 0 Å². The Hall–Kier alpha value is -2.70. The summed E-state index contributed by atoms with van der Waals surface area (Å²) in [5, 5.41) is 0.573. The predicted octanol–water partition coefficient (Wildman–Crippen LogP) is 4.23. The summed E-state index contributed by atoms with van der Waals surface area (Å²) in [5.41, 5.74) is 0.531.